The highest BCUT2D eigenvalue weighted by Gasteiger charge is 2.13. The van der Waals surface area contributed by atoms with E-state index in [1.807, 2.05) is 13.8 Å². The van der Waals surface area contributed by atoms with Crippen LogP contribution < -0.4 is 4.74 Å². The van der Waals surface area contributed by atoms with Crippen molar-refractivity contribution in [1.29, 1.82) is 0 Å². The minimum atomic E-state index is 0.219. The summed E-state index contributed by atoms with van der Waals surface area (Å²) in [7, 11) is 1.68. The highest BCUT2D eigenvalue weighted by atomic mass is 16.5. The Kier molecular flexibility index (Phi) is 3.89. The molecule has 0 aliphatic rings. The lowest BCUT2D eigenvalue weighted by atomic mass is 9.93. The van der Waals surface area contributed by atoms with Crippen molar-refractivity contribution in [3.8, 4) is 5.75 Å². The van der Waals surface area contributed by atoms with Gasteiger partial charge in [0.2, 0.25) is 0 Å². The van der Waals surface area contributed by atoms with Crippen molar-refractivity contribution in [1.82, 2.24) is 0 Å². The summed E-state index contributed by atoms with van der Waals surface area (Å²) >= 11 is 0. The van der Waals surface area contributed by atoms with E-state index in [2.05, 4.69) is 19.1 Å². The van der Waals surface area contributed by atoms with Crippen molar-refractivity contribution >= 4 is 6.29 Å². The quantitative estimate of drug-likeness (QED) is 0.708. The van der Waals surface area contributed by atoms with E-state index in [9.17, 15) is 4.79 Å². The molecular formula is C13H18O2. The molecule has 1 rings (SSSR count). The molecule has 0 aromatic heterocycles. The number of hydrogen-bond donors (Lipinski definition) is 0. The predicted octanol–water partition coefficient (Wildman–Crippen LogP) is 3.00. The third kappa shape index (κ3) is 2.38. The Morgan fingerprint density at radius 1 is 1.40 bits per heavy atom. The highest BCUT2D eigenvalue weighted by Crippen LogP contribution is 2.32. The Morgan fingerprint density at radius 3 is 2.60 bits per heavy atom. The van der Waals surface area contributed by atoms with Gasteiger partial charge in [-0.05, 0) is 36.5 Å². The summed E-state index contributed by atoms with van der Waals surface area (Å²) < 4.78 is 5.41. The number of carbonyl (C=O) groups excluding carboxylic acids is 1. The van der Waals surface area contributed by atoms with Gasteiger partial charge in [-0.3, -0.25) is 0 Å². The third-order valence-electron chi connectivity index (χ3n) is 2.89. The van der Waals surface area contributed by atoms with E-state index in [1.54, 1.807) is 7.11 Å². The molecule has 1 unspecified atom stereocenters. The van der Waals surface area contributed by atoms with Crippen molar-refractivity contribution in [2.75, 3.05) is 7.11 Å². The fraction of sp³-hybridized carbons (Fsp3) is 0.462. The molecule has 0 saturated heterocycles. The lowest BCUT2D eigenvalue weighted by Crippen LogP contribution is -2.01. The van der Waals surface area contributed by atoms with Crippen molar-refractivity contribution < 1.29 is 9.53 Å². The molecule has 0 aliphatic carbocycles. The molecule has 82 valence electrons. The average molecular weight is 206 g/mol. The van der Waals surface area contributed by atoms with Crippen molar-refractivity contribution in [3.05, 3.63) is 28.8 Å². The van der Waals surface area contributed by atoms with Gasteiger partial charge in [-0.25, -0.2) is 0 Å². The number of rotatable bonds is 4. The summed E-state index contributed by atoms with van der Waals surface area (Å²) in [5.41, 5.74) is 3.49. The molecule has 15 heavy (non-hydrogen) atoms. The Morgan fingerprint density at radius 2 is 2.07 bits per heavy atom. The predicted molar refractivity (Wildman–Crippen MR) is 61.6 cm³/mol. The molecule has 2 heteroatoms. The fourth-order valence-electron chi connectivity index (χ4n) is 1.74. The Labute approximate surface area is 91.3 Å². The molecule has 1 aromatic rings. The van der Waals surface area contributed by atoms with Crippen LogP contribution in [0, 0.1) is 13.8 Å². The van der Waals surface area contributed by atoms with Crippen LogP contribution >= 0.6 is 0 Å². The number of aryl methyl sites for hydroxylation is 1. The normalized spacial score (nSPS) is 12.3. The molecule has 0 N–H and O–H groups in total. The van der Waals surface area contributed by atoms with Gasteiger partial charge < -0.3 is 9.53 Å². The van der Waals surface area contributed by atoms with Gasteiger partial charge in [-0.1, -0.05) is 19.1 Å². The van der Waals surface area contributed by atoms with E-state index >= 15 is 0 Å². The van der Waals surface area contributed by atoms with Crippen molar-refractivity contribution in [2.24, 2.45) is 0 Å². The Hall–Kier alpha value is -1.31. The maximum atomic E-state index is 10.5. The van der Waals surface area contributed by atoms with Gasteiger partial charge in [-0.15, -0.1) is 0 Å². The highest BCUT2D eigenvalue weighted by molar-refractivity contribution is 5.54. The standard InChI is InChI=1S/C13H18O2/c1-9-5-6-12(10(2)7-8-14)13(15-4)11(9)3/h5-6,8,10H,7H2,1-4H3. The van der Waals surface area contributed by atoms with Crippen molar-refractivity contribution in [3.63, 3.8) is 0 Å². The van der Waals surface area contributed by atoms with E-state index < -0.39 is 0 Å². The molecular weight excluding hydrogens is 188 g/mol. The monoisotopic (exact) mass is 206 g/mol. The summed E-state index contributed by atoms with van der Waals surface area (Å²) in [5, 5.41) is 0. The number of aldehydes is 1. The second-order valence-corrected chi connectivity index (χ2v) is 3.93. The van der Waals surface area contributed by atoms with Gasteiger partial charge in [0.15, 0.2) is 0 Å². The van der Waals surface area contributed by atoms with E-state index in [4.69, 9.17) is 4.74 Å². The number of ether oxygens (including phenoxy) is 1. The number of benzene rings is 1. The maximum Gasteiger partial charge on any atom is 0.125 e. The minimum absolute atomic E-state index is 0.219. The summed E-state index contributed by atoms with van der Waals surface area (Å²) in [6.45, 7) is 6.15. The Balaban J connectivity index is 3.17. The van der Waals surface area contributed by atoms with Crippen LogP contribution in [-0.2, 0) is 4.79 Å². The van der Waals surface area contributed by atoms with E-state index in [0.717, 1.165) is 23.2 Å². The molecule has 0 saturated carbocycles. The second kappa shape index (κ2) is 4.96. The molecule has 1 atom stereocenters. The molecule has 1 aromatic carbocycles. The van der Waals surface area contributed by atoms with Crippen LogP contribution in [-0.4, -0.2) is 13.4 Å². The van der Waals surface area contributed by atoms with Crippen molar-refractivity contribution in [2.45, 2.75) is 33.1 Å². The maximum absolute atomic E-state index is 10.5. The SMILES string of the molecule is COc1c(C(C)CC=O)ccc(C)c1C. The fourth-order valence-corrected chi connectivity index (χ4v) is 1.74. The first-order valence-electron chi connectivity index (χ1n) is 5.19. The second-order valence-electron chi connectivity index (χ2n) is 3.93. The molecule has 0 aliphatic heterocycles. The first-order chi connectivity index (χ1) is 7.11. The summed E-state index contributed by atoms with van der Waals surface area (Å²) in [4.78, 5) is 10.5. The van der Waals surface area contributed by atoms with Gasteiger partial charge in [0.25, 0.3) is 0 Å². The zero-order valence-corrected chi connectivity index (χ0v) is 9.83. The minimum Gasteiger partial charge on any atom is -0.496 e. The van der Waals surface area contributed by atoms with Gasteiger partial charge in [0.1, 0.15) is 12.0 Å². The van der Waals surface area contributed by atoms with E-state index in [1.165, 1.54) is 5.56 Å². The molecule has 0 radical (unpaired) electrons. The first kappa shape index (κ1) is 11.8. The molecule has 0 fully saturated rings. The zero-order valence-electron chi connectivity index (χ0n) is 9.83. The largest absolute Gasteiger partial charge is 0.496 e. The lowest BCUT2D eigenvalue weighted by Gasteiger charge is -2.17. The van der Waals surface area contributed by atoms with Gasteiger partial charge in [0, 0.05) is 6.42 Å². The van der Waals surface area contributed by atoms with E-state index in [0.29, 0.717) is 6.42 Å². The molecule has 0 spiro atoms. The van der Waals surface area contributed by atoms with Crippen LogP contribution in [0.1, 0.15) is 36.0 Å². The summed E-state index contributed by atoms with van der Waals surface area (Å²) in [6, 6.07) is 4.13. The van der Waals surface area contributed by atoms with Crippen LogP contribution in [0.15, 0.2) is 12.1 Å². The molecule has 0 heterocycles. The summed E-state index contributed by atoms with van der Waals surface area (Å²) in [6.07, 6.45) is 1.50. The topological polar surface area (TPSA) is 26.3 Å². The number of carbonyl (C=O) groups is 1. The number of methoxy groups -OCH3 is 1. The lowest BCUT2D eigenvalue weighted by molar-refractivity contribution is -0.108. The average Bonchev–Trinajstić information content (AvgIpc) is 2.22. The number of hydrogen-bond acceptors (Lipinski definition) is 2. The zero-order chi connectivity index (χ0) is 11.4. The van der Waals surface area contributed by atoms with E-state index in [-0.39, 0.29) is 5.92 Å². The van der Waals surface area contributed by atoms with Crippen LogP contribution in [0.25, 0.3) is 0 Å². The smallest absolute Gasteiger partial charge is 0.125 e. The van der Waals surface area contributed by atoms with Gasteiger partial charge in [0.05, 0.1) is 7.11 Å². The van der Waals surface area contributed by atoms with Gasteiger partial charge >= 0.3 is 0 Å². The van der Waals surface area contributed by atoms with Crippen LogP contribution in [0.4, 0.5) is 0 Å². The third-order valence-corrected chi connectivity index (χ3v) is 2.89. The Bertz CT molecular complexity index is 356. The molecule has 0 amide bonds. The molecule has 2 nitrogen and oxygen atoms in total. The first-order valence-corrected chi connectivity index (χ1v) is 5.19. The van der Waals surface area contributed by atoms with Crippen LogP contribution in [0.5, 0.6) is 5.75 Å². The summed E-state index contributed by atoms with van der Waals surface area (Å²) in [5.74, 6) is 1.14. The van der Waals surface area contributed by atoms with Gasteiger partial charge in [-0.2, -0.15) is 0 Å². The molecule has 0 bridgehead atoms. The van der Waals surface area contributed by atoms with Crippen LogP contribution in [0.2, 0.25) is 0 Å². The van der Waals surface area contributed by atoms with Crippen LogP contribution in [0.3, 0.4) is 0 Å².